The van der Waals surface area contributed by atoms with Crippen LogP contribution in [0.3, 0.4) is 0 Å². The minimum absolute atomic E-state index is 0.335. The van der Waals surface area contributed by atoms with Crippen LogP contribution < -0.4 is 10.2 Å². The van der Waals surface area contributed by atoms with E-state index in [4.69, 9.17) is 0 Å². The highest BCUT2D eigenvalue weighted by molar-refractivity contribution is 7.89. The molecule has 1 fully saturated rings. The summed E-state index contributed by atoms with van der Waals surface area (Å²) in [6.07, 6.45) is 0. The third-order valence-corrected chi connectivity index (χ3v) is 8.42. The van der Waals surface area contributed by atoms with E-state index >= 15 is 0 Å². The first kappa shape index (κ1) is 22.5. The SMILES string of the molecule is Cc1ccc(-c2nnc(Nc3ccccc3)c3ccccc23)cc1S(=O)(=O)N1CC[NH+](C)CC1. The van der Waals surface area contributed by atoms with Gasteiger partial charge in [-0.25, -0.2) is 8.42 Å². The Hall–Kier alpha value is -3.33. The summed E-state index contributed by atoms with van der Waals surface area (Å²) in [6.45, 7) is 4.52. The molecular formula is C26H28N5O2S+. The molecule has 0 radical (unpaired) electrons. The van der Waals surface area contributed by atoms with Crippen LogP contribution in [-0.4, -0.2) is 56.1 Å². The summed E-state index contributed by atoms with van der Waals surface area (Å²) in [6, 6.07) is 23.3. The molecule has 0 bridgehead atoms. The number of sulfonamides is 1. The van der Waals surface area contributed by atoms with Crippen molar-refractivity contribution in [3.8, 4) is 11.3 Å². The number of benzene rings is 3. The van der Waals surface area contributed by atoms with E-state index in [1.54, 1.807) is 10.4 Å². The molecule has 0 spiro atoms. The molecule has 7 nitrogen and oxygen atoms in total. The first-order valence-corrected chi connectivity index (χ1v) is 12.9. The van der Waals surface area contributed by atoms with Gasteiger partial charge in [0.05, 0.1) is 38.1 Å². The van der Waals surface area contributed by atoms with Gasteiger partial charge in [-0.15, -0.1) is 10.2 Å². The Morgan fingerprint density at radius 3 is 2.29 bits per heavy atom. The second-order valence-electron chi connectivity index (χ2n) is 8.78. The number of fused-ring (bicyclic) bond motifs is 1. The van der Waals surface area contributed by atoms with E-state index in [2.05, 4.69) is 22.6 Å². The van der Waals surface area contributed by atoms with Gasteiger partial charge in [0.15, 0.2) is 5.82 Å². The average Bonchev–Trinajstić information content (AvgIpc) is 2.85. The van der Waals surface area contributed by atoms with Crippen LogP contribution in [0.25, 0.3) is 22.0 Å². The number of likely N-dealkylation sites (N-methyl/N-ethyl adjacent to an activating group) is 1. The highest BCUT2D eigenvalue weighted by Crippen LogP contribution is 2.33. The lowest BCUT2D eigenvalue weighted by Gasteiger charge is -2.29. The number of rotatable bonds is 5. The van der Waals surface area contributed by atoms with E-state index in [0.29, 0.717) is 29.5 Å². The zero-order valence-corrected chi connectivity index (χ0v) is 20.1. The Morgan fingerprint density at radius 2 is 1.56 bits per heavy atom. The summed E-state index contributed by atoms with van der Waals surface area (Å²) in [5.74, 6) is 0.658. The lowest BCUT2D eigenvalue weighted by molar-refractivity contribution is -0.883. The van der Waals surface area contributed by atoms with Gasteiger partial charge < -0.3 is 10.2 Å². The van der Waals surface area contributed by atoms with Crippen LogP contribution in [0, 0.1) is 6.92 Å². The molecule has 34 heavy (non-hydrogen) atoms. The molecular weight excluding hydrogens is 446 g/mol. The molecule has 0 unspecified atom stereocenters. The van der Waals surface area contributed by atoms with Gasteiger partial charge in [-0.1, -0.05) is 54.6 Å². The van der Waals surface area contributed by atoms with Crippen molar-refractivity contribution in [2.24, 2.45) is 0 Å². The van der Waals surface area contributed by atoms with Crippen LogP contribution in [0.5, 0.6) is 0 Å². The molecule has 2 heterocycles. The van der Waals surface area contributed by atoms with Crippen LogP contribution in [-0.2, 0) is 10.0 Å². The minimum atomic E-state index is -3.59. The molecule has 3 aromatic carbocycles. The Kier molecular flexibility index (Phi) is 6.03. The van der Waals surface area contributed by atoms with Crippen molar-refractivity contribution < 1.29 is 13.3 Å². The quantitative estimate of drug-likeness (QED) is 0.465. The standard InChI is InChI=1S/C26H27N5O2S/c1-19-12-13-20(18-24(19)34(32,33)31-16-14-30(2)15-17-31)25-22-10-6-7-11-23(22)26(29-28-25)27-21-8-4-3-5-9-21/h3-13,18H,14-17H2,1-2H3,(H,27,29)/p+1. The van der Waals surface area contributed by atoms with Gasteiger partial charge >= 0.3 is 0 Å². The van der Waals surface area contributed by atoms with Crippen LogP contribution in [0.4, 0.5) is 11.5 Å². The summed E-state index contributed by atoms with van der Waals surface area (Å²) in [5, 5.41) is 14.2. The number of aryl methyl sites for hydroxylation is 1. The van der Waals surface area contributed by atoms with E-state index < -0.39 is 10.0 Å². The maximum absolute atomic E-state index is 13.5. The highest BCUT2D eigenvalue weighted by Gasteiger charge is 2.30. The van der Waals surface area contributed by atoms with Crippen LogP contribution in [0.1, 0.15) is 5.56 Å². The van der Waals surface area contributed by atoms with Crippen molar-refractivity contribution in [1.82, 2.24) is 14.5 Å². The lowest BCUT2D eigenvalue weighted by Crippen LogP contribution is -3.12. The topological polar surface area (TPSA) is 79.6 Å². The number of aromatic nitrogens is 2. The van der Waals surface area contributed by atoms with Crippen molar-refractivity contribution in [1.29, 1.82) is 0 Å². The number of hydrogen-bond acceptors (Lipinski definition) is 5. The highest BCUT2D eigenvalue weighted by atomic mass is 32.2. The summed E-state index contributed by atoms with van der Waals surface area (Å²) >= 11 is 0. The third-order valence-electron chi connectivity index (χ3n) is 6.38. The maximum atomic E-state index is 13.5. The van der Waals surface area contributed by atoms with Crippen molar-refractivity contribution in [3.05, 3.63) is 78.4 Å². The van der Waals surface area contributed by atoms with Gasteiger partial charge in [0, 0.05) is 22.0 Å². The molecule has 0 saturated carbocycles. The Balaban J connectivity index is 1.57. The number of nitrogens with one attached hydrogen (secondary N) is 2. The average molecular weight is 475 g/mol. The fraction of sp³-hybridized carbons (Fsp3) is 0.231. The molecule has 5 rings (SSSR count). The van der Waals surface area contributed by atoms with Gasteiger partial charge in [0.2, 0.25) is 10.0 Å². The zero-order chi connectivity index (χ0) is 23.7. The predicted octanol–water partition coefficient (Wildman–Crippen LogP) is 2.87. The van der Waals surface area contributed by atoms with E-state index in [0.717, 1.165) is 40.7 Å². The van der Waals surface area contributed by atoms with Crippen molar-refractivity contribution in [2.75, 3.05) is 38.5 Å². The zero-order valence-electron chi connectivity index (χ0n) is 19.3. The number of para-hydroxylation sites is 1. The smallest absolute Gasteiger partial charge is 0.243 e. The normalized spacial score (nSPS) is 15.5. The molecule has 4 aromatic rings. The molecule has 1 saturated heterocycles. The van der Waals surface area contributed by atoms with E-state index in [1.807, 2.05) is 73.7 Å². The molecule has 174 valence electrons. The summed E-state index contributed by atoms with van der Waals surface area (Å²) in [4.78, 5) is 1.68. The van der Waals surface area contributed by atoms with E-state index in [-0.39, 0.29) is 0 Å². The number of piperazine rings is 1. The second kappa shape index (κ2) is 9.13. The fourth-order valence-electron chi connectivity index (χ4n) is 4.34. The Labute approximate surface area is 200 Å². The van der Waals surface area contributed by atoms with Gasteiger partial charge in [0.25, 0.3) is 0 Å². The number of quaternary nitrogens is 1. The molecule has 2 N–H and O–H groups in total. The first-order valence-electron chi connectivity index (χ1n) is 11.4. The van der Waals surface area contributed by atoms with E-state index in [9.17, 15) is 8.42 Å². The lowest BCUT2D eigenvalue weighted by atomic mass is 10.0. The third kappa shape index (κ3) is 4.27. The minimum Gasteiger partial charge on any atom is -0.338 e. The summed E-state index contributed by atoms with van der Waals surface area (Å²) in [7, 11) is -1.50. The van der Waals surface area contributed by atoms with Crippen LogP contribution >= 0.6 is 0 Å². The molecule has 0 amide bonds. The molecule has 0 aliphatic carbocycles. The van der Waals surface area contributed by atoms with Crippen molar-refractivity contribution >= 4 is 32.3 Å². The maximum Gasteiger partial charge on any atom is 0.243 e. The second-order valence-corrected chi connectivity index (χ2v) is 10.7. The molecule has 1 aliphatic rings. The van der Waals surface area contributed by atoms with Crippen molar-refractivity contribution in [3.63, 3.8) is 0 Å². The largest absolute Gasteiger partial charge is 0.338 e. The van der Waals surface area contributed by atoms with Gasteiger partial charge in [-0.2, -0.15) is 4.31 Å². The Morgan fingerprint density at radius 1 is 0.882 bits per heavy atom. The molecule has 8 heteroatoms. The fourth-order valence-corrected chi connectivity index (χ4v) is 6.03. The van der Waals surface area contributed by atoms with Crippen LogP contribution in [0.2, 0.25) is 0 Å². The number of nitrogens with zero attached hydrogens (tertiary/aromatic N) is 3. The number of hydrogen-bond donors (Lipinski definition) is 2. The van der Waals surface area contributed by atoms with Gasteiger partial charge in [0.1, 0.15) is 5.69 Å². The monoisotopic (exact) mass is 474 g/mol. The van der Waals surface area contributed by atoms with Gasteiger partial charge in [-0.05, 0) is 30.7 Å². The van der Waals surface area contributed by atoms with Crippen molar-refractivity contribution in [2.45, 2.75) is 11.8 Å². The predicted molar refractivity (Wildman–Crippen MR) is 135 cm³/mol. The molecule has 1 aliphatic heterocycles. The molecule has 0 atom stereocenters. The molecule has 1 aromatic heterocycles. The summed E-state index contributed by atoms with van der Waals surface area (Å²) < 4.78 is 28.6. The van der Waals surface area contributed by atoms with Gasteiger partial charge in [-0.3, -0.25) is 0 Å². The summed E-state index contributed by atoms with van der Waals surface area (Å²) in [5.41, 5.74) is 3.05. The first-order chi connectivity index (χ1) is 16.4. The number of anilines is 2. The van der Waals surface area contributed by atoms with E-state index in [1.165, 1.54) is 4.90 Å². The van der Waals surface area contributed by atoms with Crippen LogP contribution in [0.15, 0.2) is 77.7 Å². The Bertz CT molecular complexity index is 1430.